The average molecular weight is 621 g/mol. The van der Waals surface area contributed by atoms with E-state index >= 15 is 0 Å². The Morgan fingerprint density at radius 2 is 1.69 bits per heavy atom. The van der Waals surface area contributed by atoms with Crippen molar-refractivity contribution in [3.8, 4) is 0 Å². The zero-order valence-electron chi connectivity index (χ0n) is 20.7. The van der Waals surface area contributed by atoms with Crippen molar-refractivity contribution >= 4 is 68.1 Å². The molecular weight excluding hydrogens is 598 g/mol. The Morgan fingerprint density at radius 3 is 2.41 bits per heavy atom. The van der Waals surface area contributed by atoms with Gasteiger partial charge in [0.25, 0.3) is 0 Å². The maximum atomic E-state index is 13.9. The van der Waals surface area contributed by atoms with Crippen LogP contribution in [-0.4, -0.2) is 27.5 Å². The predicted molar refractivity (Wildman–Crippen MR) is 156 cm³/mol. The van der Waals surface area contributed by atoms with Crippen LogP contribution in [0.1, 0.15) is 21.9 Å². The summed E-state index contributed by atoms with van der Waals surface area (Å²) in [4.78, 5) is 55.5. The maximum absolute atomic E-state index is 13.9. The lowest BCUT2D eigenvalue weighted by Crippen LogP contribution is -2.33. The van der Waals surface area contributed by atoms with E-state index in [0.717, 1.165) is 26.9 Å². The molecule has 2 aliphatic heterocycles. The molecule has 1 N–H and O–H groups in total. The number of benzene rings is 3. The molecule has 0 bridgehead atoms. The molecular formula is C29H22BrN3O4S2. The van der Waals surface area contributed by atoms with Gasteiger partial charge in [-0.15, -0.1) is 0 Å². The molecule has 196 valence electrons. The van der Waals surface area contributed by atoms with Crippen molar-refractivity contribution in [3.05, 3.63) is 109 Å². The van der Waals surface area contributed by atoms with Crippen LogP contribution in [0.25, 0.3) is 0 Å². The van der Waals surface area contributed by atoms with Crippen LogP contribution in [0.3, 0.4) is 0 Å². The van der Waals surface area contributed by atoms with E-state index in [9.17, 15) is 19.2 Å². The van der Waals surface area contributed by atoms with Crippen LogP contribution in [0.5, 0.6) is 0 Å². The number of carbonyl (C=O) groups excluding carboxylic acids is 3. The molecule has 2 aliphatic rings. The normalized spacial score (nSPS) is 20.1. The van der Waals surface area contributed by atoms with Crippen molar-refractivity contribution in [2.45, 2.75) is 29.7 Å². The number of halogens is 1. The van der Waals surface area contributed by atoms with Crippen LogP contribution < -0.4 is 15.1 Å². The second-order valence-electron chi connectivity index (χ2n) is 9.48. The van der Waals surface area contributed by atoms with Gasteiger partial charge in [0, 0.05) is 21.0 Å². The zero-order valence-corrected chi connectivity index (χ0v) is 23.9. The summed E-state index contributed by atoms with van der Waals surface area (Å²) in [7, 11) is 0. The van der Waals surface area contributed by atoms with Crippen molar-refractivity contribution in [1.29, 1.82) is 0 Å². The summed E-state index contributed by atoms with van der Waals surface area (Å²) in [5, 5.41) is 2.70. The third kappa shape index (κ3) is 4.66. The second-order valence-corrected chi connectivity index (χ2v) is 12.5. The average Bonchev–Trinajstić information content (AvgIpc) is 3.36. The molecule has 10 heteroatoms. The van der Waals surface area contributed by atoms with Crippen LogP contribution in [0.2, 0.25) is 0 Å². The molecule has 0 unspecified atom stereocenters. The van der Waals surface area contributed by atoms with E-state index in [1.165, 1.54) is 21.2 Å². The lowest BCUT2D eigenvalue weighted by atomic mass is 9.83. The molecule has 1 saturated heterocycles. The smallest absolute Gasteiger partial charge is 0.308 e. The van der Waals surface area contributed by atoms with Gasteiger partial charge in [-0.25, -0.2) is 4.90 Å². The number of imide groups is 1. The van der Waals surface area contributed by atoms with Gasteiger partial charge >= 0.3 is 4.87 Å². The summed E-state index contributed by atoms with van der Waals surface area (Å²) in [6, 6.07) is 24.0. The first-order chi connectivity index (χ1) is 18.8. The van der Waals surface area contributed by atoms with Gasteiger partial charge in [0.05, 0.1) is 16.6 Å². The molecule has 3 heterocycles. The van der Waals surface area contributed by atoms with Crippen molar-refractivity contribution in [1.82, 2.24) is 4.57 Å². The van der Waals surface area contributed by atoms with Gasteiger partial charge in [-0.3, -0.25) is 23.7 Å². The molecule has 6 rings (SSSR count). The number of hydrogen-bond acceptors (Lipinski definition) is 6. The standard InChI is InChI=1S/C29H22BrN3O4S2/c1-16-6-5-9-19(14-16)31-21(34)15-32-28-25(39-29(32)37)22(17-7-3-2-4-8-17)23-24(38-28)27(36)33(26(23)35)20-12-10-18(30)11-13-20/h2-14,22-24H,15H2,1H3,(H,31,34)/t22-,23-,24+/m0/s1. The van der Waals surface area contributed by atoms with Crippen LogP contribution in [0, 0.1) is 12.8 Å². The lowest BCUT2D eigenvalue weighted by Gasteiger charge is -2.30. The first-order valence-corrected chi connectivity index (χ1v) is 14.8. The highest BCUT2D eigenvalue weighted by molar-refractivity contribution is 9.10. The van der Waals surface area contributed by atoms with E-state index in [4.69, 9.17) is 0 Å². The van der Waals surface area contributed by atoms with Gasteiger partial charge in [-0.1, -0.05) is 81.5 Å². The third-order valence-electron chi connectivity index (χ3n) is 6.90. The molecule has 1 fully saturated rings. The number of anilines is 2. The Balaban J connectivity index is 1.40. The summed E-state index contributed by atoms with van der Waals surface area (Å²) in [5.74, 6) is -2.10. The molecule has 0 aliphatic carbocycles. The monoisotopic (exact) mass is 619 g/mol. The van der Waals surface area contributed by atoms with E-state index in [-0.39, 0.29) is 29.1 Å². The number of carbonyl (C=O) groups is 3. The molecule has 0 radical (unpaired) electrons. The van der Waals surface area contributed by atoms with Gasteiger partial charge in [-0.2, -0.15) is 0 Å². The number of nitrogens with zero attached hydrogens (tertiary/aromatic N) is 2. The van der Waals surface area contributed by atoms with Crippen LogP contribution >= 0.6 is 39.0 Å². The Labute approximate surface area is 241 Å². The fourth-order valence-electron chi connectivity index (χ4n) is 5.19. The molecule has 3 atom stereocenters. The maximum Gasteiger partial charge on any atom is 0.308 e. The number of rotatable bonds is 5. The molecule has 3 amide bonds. The van der Waals surface area contributed by atoms with Gasteiger partial charge in [0.15, 0.2) is 0 Å². The van der Waals surface area contributed by atoms with Gasteiger partial charge in [0.2, 0.25) is 17.7 Å². The molecule has 7 nitrogen and oxygen atoms in total. The minimum absolute atomic E-state index is 0.191. The number of thioether (sulfide) groups is 1. The van der Waals surface area contributed by atoms with Crippen LogP contribution in [-0.2, 0) is 20.9 Å². The van der Waals surface area contributed by atoms with E-state index in [1.54, 1.807) is 30.3 Å². The van der Waals surface area contributed by atoms with Crippen LogP contribution in [0.4, 0.5) is 11.4 Å². The molecule has 0 saturated carbocycles. The molecule has 4 aromatic rings. The summed E-state index contributed by atoms with van der Waals surface area (Å²) in [6.45, 7) is 1.74. The molecule has 0 spiro atoms. The van der Waals surface area contributed by atoms with Crippen molar-refractivity contribution in [2.75, 3.05) is 10.2 Å². The molecule has 1 aromatic heterocycles. The van der Waals surface area contributed by atoms with Crippen molar-refractivity contribution in [3.63, 3.8) is 0 Å². The van der Waals surface area contributed by atoms with Gasteiger partial charge in [0.1, 0.15) is 11.8 Å². The predicted octanol–water partition coefficient (Wildman–Crippen LogP) is 5.42. The van der Waals surface area contributed by atoms with E-state index in [2.05, 4.69) is 21.2 Å². The Kier molecular flexibility index (Phi) is 6.78. The van der Waals surface area contributed by atoms with Crippen LogP contribution in [0.15, 0.2) is 93.2 Å². The first-order valence-electron chi connectivity index (χ1n) is 12.3. The summed E-state index contributed by atoms with van der Waals surface area (Å²) in [5.41, 5.74) is 3.01. The van der Waals surface area contributed by atoms with E-state index in [1.807, 2.05) is 55.5 Å². The van der Waals surface area contributed by atoms with Gasteiger partial charge in [-0.05, 0) is 54.4 Å². The van der Waals surface area contributed by atoms with E-state index < -0.39 is 17.1 Å². The van der Waals surface area contributed by atoms with E-state index in [0.29, 0.717) is 21.3 Å². The number of thiazole rings is 1. The fraction of sp³-hybridized carbons (Fsp3) is 0.172. The third-order valence-corrected chi connectivity index (χ3v) is 10.0. The quantitative estimate of drug-likeness (QED) is 0.302. The SMILES string of the molecule is Cc1cccc(NC(=O)Cn2c3c(sc2=O)[C@@H](c2ccccc2)[C@@H]2C(=O)N(c4ccc(Br)cc4)C(=O)[C@@H]2S3)c1. The minimum Gasteiger partial charge on any atom is -0.325 e. The minimum atomic E-state index is -0.723. The fourth-order valence-corrected chi connectivity index (χ4v) is 8.22. The van der Waals surface area contributed by atoms with Crippen molar-refractivity contribution < 1.29 is 14.4 Å². The van der Waals surface area contributed by atoms with Gasteiger partial charge < -0.3 is 5.32 Å². The number of nitrogens with one attached hydrogen (secondary N) is 1. The zero-order chi connectivity index (χ0) is 27.3. The van der Waals surface area contributed by atoms with Crippen molar-refractivity contribution in [2.24, 2.45) is 5.92 Å². The number of fused-ring (bicyclic) bond motifs is 2. The highest BCUT2D eigenvalue weighted by Crippen LogP contribution is 2.53. The lowest BCUT2D eigenvalue weighted by molar-refractivity contribution is -0.122. The summed E-state index contributed by atoms with van der Waals surface area (Å²) >= 11 is 5.65. The number of aromatic nitrogens is 1. The number of aryl methyl sites for hydroxylation is 1. The highest BCUT2D eigenvalue weighted by Gasteiger charge is 2.56. The Morgan fingerprint density at radius 1 is 0.949 bits per heavy atom. The number of hydrogen-bond donors (Lipinski definition) is 1. The number of amides is 3. The summed E-state index contributed by atoms with van der Waals surface area (Å²) < 4.78 is 2.27. The topological polar surface area (TPSA) is 88.5 Å². The first kappa shape index (κ1) is 25.8. The summed E-state index contributed by atoms with van der Waals surface area (Å²) in [6.07, 6.45) is 0. The largest absolute Gasteiger partial charge is 0.325 e. The molecule has 3 aromatic carbocycles. The highest BCUT2D eigenvalue weighted by atomic mass is 79.9. The molecule has 39 heavy (non-hydrogen) atoms. The Hall–Kier alpha value is -3.47. The second kappa shape index (κ2) is 10.3. The Bertz CT molecular complexity index is 1670.